The van der Waals surface area contributed by atoms with Gasteiger partial charge in [0, 0.05) is 12.1 Å². The third kappa shape index (κ3) is 2.60. The van der Waals surface area contributed by atoms with Gasteiger partial charge in [-0.1, -0.05) is 11.3 Å². The number of rotatable bonds is 4. The van der Waals surface area contributed by atoms with Gasteiger partial charge in [-0.2, -0.15) is 5.26 Å². The average Bonchev–Trinajstić information content (AvgIpc) is 2.96. The highest BCUT2D eigenvalue weighted by Crippen LogP contribution is 2.39. The van der Waals surface area contributed by atoms with Crippen molar-refractivity contribution >= 4 is 11.3 Å². The molecule has 1 aliphatic heterocycles. The maximum atomic E-state index is 9.49. The second kappa shape index (κ2) is 6.44. The summed E-state index contributed by atoms with van der Waals surface area (Å²) in [5.74, 6) is 1.34. The summed E-state index contributed by atoms with van der Waals surface area (Å²) in [6.07, 6.45) is 0.830. The van der Waals surface area contributed by atoms with Gasteiger partial charge in [0.25, 0.3) is 0 Å². The Balaban J connectivity index is 2.25. The Labute approximate surface area is 137 Å². The number of hydrogen-bond donors (Lipinski definition) is 1. The summed E-state index contributed by atoms with van der Waals surface area (Å²) in [4.78, 5) is 5.77. The Morgan fingerprint density at radius 1 is 1.35 bits per heavy atom. The van der Waals surface area contributed by atoms with Crippen LogP contribution in [0.1, 0.15) is 10.4 Å². The van der Waals surface area contributed by atoms with Gasteiger partial charge >= 0.3 is 0 Å². The van der Waals surface area contributed by atoms with Crippen LogP contribution < -0.4 is 14.3 Å². The summed E-state index contributed by atoms with van der Waals surface area (Å²) in [7, 11) is 3.21. The number of nitriles is 1. The molecule has 0 saturated heterocycles. The van der Waals surface area contributed by atoms with Crippen molar-refractivity contribution < 1.29 is 14.6 Å². The Kier molecular flexibility index (Phi) is 4.37. The number of aryl methyl sites for hydroxylation is 1. The van der Waals surface area contributed by atoms with E-state index in [1.807, 2.05) is 16.7 Å². The fourth-order valence-corrected chi connectivity index (χ4v) is 3.80. The minimum absolute atomic E-state index is 0.00325. The van der Waals surface area contributed by atoms with E-state index in [0.29, 0.717) is 22.9 Å². The van der Waals surface area contributed by atoms with Crippen LogP contribution in [0.25, 0.3) is 11.3 Å². The molecule has 2 heterocycles. The van der Waals surface area contributed by atoms with E-state index in [1.165, 1.54) is 11.3 Å². The Bertz CT molecular complexity index is 845. The zero-order chi connectivity index (χ0) is 16.4. The van der Waals surface area contributed by atoms with Gasteiger partial charge in [0.2, 0.25) is 0 Å². The fraction of sp³-hybridized carbons (Fsp3) is 0.375. The number of hydrogen-bond acceptors (Lipinski definition) is 6. The molecule has 1 aromatic carbocycles. The molecule has 23 heavy (non-hydrogen) atoms. The van der Waals surface area contributed by atoms with Crippen LogP contribution in [0.3, 0.4) is 0 Å². The molecular formula is C16H17N3O3S. The van der Waals surface area contributed by atoms with Crippen LogP contribution in [0.5, 0.6) is 11.5 Å². The largest absolute Gasteiger partial charge is 0.493 e. The Hall–Kier alpha value is -2.30. The standard InChI is InChI=1S/C16H17N3O3S/c1-21-12-7-10-3-5-19-15(11(10)8-13(12)22-2)14(9-17)23-16(19)18-4-6-20/h7-8,20H,3-6H2,1-2H3. The maximum Gasteiger partial charge on any atom is 0.186 e. The zero-order valence-corrected chi connectivity index (χ0v) is 13.8. The SMILES string of the molecule is COc1cc2c(cc1OC)-c1c(C#N)sc(=NCCO)n1CC2. The predicted molar refractivity (Wildman–Crippen MR) is 86.8 cm³/mol. The molecule has 0 spiro atoms. The first-order chi connectivity index (χ1) is 11.2. The number of aliphatic hydroxyl groups excluding tert-OH is 1. The minimum Gasteiger partial charge on any atom is -0.493 e. The highest BCUT2D eigenvalue weighted by molar-refractivity contribution is 7.10. The van der Waals surface area contributed by atoms with Crippen molar-refractivity contribution in [3.63, 3.8) is 0 Å². The number of nitrogens with zero attached hydrogens (tertiary/aromatic N) is 3. The number of methoxy groups -OCH3 is 2. The first-order valence-electron chi connectivity index (χ1n) is 7.23. The predicted octanol–water partition coefficient (Wildman–Crippen LogP) is 1.55. The number of aromatic nitrogens is 1. The van der Waals surface area contributed by atoms with Crippen LogP contribution in [-0.4, -0.2) is 37.0 Å². The first-order valence-corrected chi connectivity index (χ1v) is 8.05. The minimum atomic E-state index is -0.00325. The van der Waals surface area contributed by atoms with Gasteiger partial charge in [-0.3, -0.25) is 4.99 Å². The quantitative estimate of drug-likeness (QED) is 0.922. The van der Waals surface area contributed by atoms with E-state index in [4.69, 9.17) is 14.6 Å². The van der Waals surface area contributed by atoms with Crippen molar-refractivity contribution in [3.8, 4) is 28.8 Å². The highest BCUT2D eigenvalue weighted by atomic mass is 32.1. The number of thiazole rings is 1. The molecule has 0 aliphatic carbocycles. The zero-order valence-electron chi connectivity index (χ0n) is 13.0. The highest BCUT2D eigenvalue weighted by Gasteiger charge is 2.24. The molecule has 120 valence electrons. The van der Waals surface area contributed by atoms with Gasteiger partial charge in [-0.25, -0.2) is 0 Å². The summed E-state index contributed by atoms with van der Waals surface area (Å²) in [6, 6.07) is 6.15. The van der Waals surface area contributed by atoms with Gasteiger partial charge in [0.05, 0.1) is 33.1 Å². The van der Waals surface area contributed by atoms with E-state index in [1.54, 1.807) is 14.2 Å². The van der Waals surface area contributed by atoms with Crippen LogP contribution in [0, 0.1) is 11.3 Å². The van der Waals surface area contributed by atoms with Crippen LogP contribution in [-0.2, 0) is 13.0 Å². The fourth-order valence-electron chi connectivity index (χ4n) is 2.81. The molecule has 0 fully saturated rings. The number of fused-ring (bicyclic) bond motifs is 3. The molecule has 0 unspecified atom stereocenters. The van der Waals surface area contributed by atoms with E-state index < -0.39 is 0 Å². The molecule has 0 amide bonds. The molecule has 0 saturated carbocycles. The number of benzene rings is 1. The molecule has 1 N–H and O–H groups in total. The lowest BCUT2D eigenvalue weighted by atomic mass is 9.96. The summed E-state index contributed by atoms with van der Waals surface area (Å²) in [5.41, 5.74) is 2.98. The molecule has 7 heteroatoms. The van der Waals surface area contributed by atoms with Crippen LogP contribution in [0.15, 0.2) is 17.1 Å². The van der Waals surface area contributed by atoms with Gasteiger partial charge in [0.15, 0.2) is 16.3 Å². The molecule has 0 atom stereocenters. The van der Waals surface area contributed by atoms with Gasteiger partial charge in [0.1, 0.15) is 10.9 Å². The van der Waals surface area contributed by atoms with Crippen molar-refractivity contribution in [3.05, 3.63) is 27.4 Å². The average molecular weight is 331 g/mol. The molecule has 0 radical (unpaired) electrons. The summed E-state index contributed by atoms with van der Waals surface area (Å²) < 4.78 is 12.8. The van der Waals surface area contributed by atoms with Crippen molar-refractivity contribution in [1.82, 2.24) is 4.57 Å². The molecule has 3 rings (SSSR count). The van der Waals surface area contributed by atoms with Crippen molar-refractivity contribution in [2.45, 2.75) is 13.0 Å². The summed E-state index contributed by atoms with van der Waals surface area (Å²) >= 11 is 1.35. The monoisotopic (exact) mass is 331 g/mol. The van der Waals surface area contributed by atoms with Gasteiger partial charge in [-0.15, -0.1) is 0 Å². The second-order valence-electron chi connectivity index (χ2n) is 5.05. The van der Waals surface area contributed by atoms with E-state index >= 15 is 0 Å². The van der Waals surface area contributed by atoms with Crippen LogP contribution in [0.2, 0.25) is 0 Å². The summed E-state index contributed by atoms with van der Waals surface area (Å²) in [5, 5.41) is 18.5. The van der Waals surface area contributed by atoms with Crippen molar-refractivity contribution in [1.29, 1.82) is 5.26 Å². The van der Waals surface area contributed by atoms with Gasteiger partial charge in [-0.05, 0) is 24.1 Å². The molecule has 6 nitrogen and oxygen atoms in total. The van der Waals surface area contributed by atoms with Gasteiger partial charge < -0.3 is 19.1 Å². The molecule has 2 aromatic rings. The number of aliphatic hydroxyl groups is 1. The summed E-state index contributed by atoms with van der Waals surface area (Å²) in [6.45, 7) is 1.08. The van der Waals surface area contributed by atoms with Crippen molar-refractivity contribution in [2.75, 3.05) is 27.4 Å². The van der Waals surface area contributed by atoms with Crippen LogP contribution in [0.4, 0.5) is 0 Å². The molecule has 1 aliphatic rings. The first kappa shape index (κ1) is 15.6. The van der Waals surface area contributed by atoms with E-state index in [2.05, 4.69) is 11.1 Å². The van der Waals surface area contributed by atoms with Crippen LogP contribution >= 0.6 is 11.3 Å². The lowest BCUT2D eigenvalue weighted by molar-refractivity contribution is 0.305. The smallest absolute Gasteiger partial charge is 0.186 e. The van der Waals surface area contributed by atoms with E-state index in [0.717, 1.165) is 34.6 Å². The third-order valence-corrected chi connectivity index (χ3v) is 4.85. The third-order valence-electron chi connectivity index (χ3n) is 3.83. The lowest BCUT2D eigenvalue weighted by Gasteiger charge is -2.21. The number of ether oxygens (including phenoxy) is 2. The van der Waals surface area contributed by atoms with E-state index in [-0.39, 0.29) is 6.61 Å². The maximum absolute atomic E-state index is 9.49. The molecular weight excluding hydrogens is 314 g/mol. The lowest BCUT2D eigenvalue weighted by Crippen LogP contribution is -2.22. The normalized spacial score (nSPS) is 13.2. The molecule has 1 aromatic heterocycles. The molecule has 0 bridgehead atoms. The van der Waals surface area contributed by atoms with Crippen molar-refractivity contribution in [2.24, 2.45) is 4.99 Å². The second-order valence-corrected chi connectivity index (χ2v) is 6.02. The van der Waals surface area contributed by atoms with E-state index in [9.17, 15) is 5.26 Å². The topological polar surface area (TPSA) is 79.8 Å². The Morgan fingerprint density at radius 2 is 2.09 bits per heavy atom. The Morgan fingerprint density at radius 3 is 2.74 bits per heavy atom.